The fourth-order valence-electron chi connectivity index (χ4n) is 3.46. The average molecular weight is 471 g/mol. The first-order valence-corrected chi connectivity index (χ1v) is 12.3. The van der Waals surface area contributed by atoms with Crippen LogP contribution in [0, 0.1) is 5.82 Å². The maximum absolute atomic E-state index is 14.1. The van der Waals surface area contributed by atoms with Gasteiger partial charge < -0.3 is 10.1 Å². The Morgan fingerprint density at radius 2 is 1.67 bits per heavy atom. The fourth-order valence-corrected chi connectivity index (χ4v) is 4.34. The summed E-state index contributed by atoms with van der Waals surface area (Å²) in [5.41, 5.74) is 1.95. The number of carbonyl (C=O) groups is 1. The molecule has 3 rings (SSSR count). The van der Waals surface area contributed by atoms with Gasteiger partial charge in [-0.1, -0.05) is 37.3 Å². The van der Waals surface area contributed by atoms with Crippen LogP contribution < -0.4 is 14.4 Å². The van der Waals surface area contributed by atoms with Crippen LogP contribution in [0.1, 0.15) is 40.9 Å². The molecule has 0 aromatic heterocycles. The minimum absolute atomic E-state index is 0.146. The van der Waals surface area contributed by atoms with Crippen molar-refractivity contribution in [1.29, 1.82) is 0 Å². The first-order chi connectivity index (χ1) is 15.7. The molecule has 3 aromatic carbocycles. The minimum atomic E-state index is -3.67. The van der Waals surface area contributed by atoms with Gasteiger partial charge in [0.15, 0.2) is 0 Å². The second-order valence-electron chi connectivity index (χ2n) is 7.62. The van der Waals surface area contributed by atoms with E-state index in [1.165, 1.54) is 6.07 Å². The summed E-state index contributed by atoms with van der Waals surface area (Å²) < 4.78 is 45.1. The second kappa shape index (κ2) is 10.5. The number of methoxy groups -OCH3 is 1. The summed E-state index contributed by atoms with van der Waals surface area (Å²) in [5, 5.41) is 3.00. The van der Waals surface area contributed by atoms with Crippen LogP contribution >= 0.6 is 0 Å². The first kappa shape index (κ1) is 24.3. The summed E-state index contributed by atoms with van der Waals surface area (Å²) in [7, 11) is -2.08. The van der Waals surface area contributed by atoms with Crippen LogP contribution in [-0.4, -0.2) is 27.7 Å². The third-order valence-electron chi connectivity index (χ3n) is 5.32. The van der Waals surface area contributed by atoms with E-state index in [2.05, 4.69) is 5.32 Å². The van der Waals surface area contributed by atoms with Gasteiger partial charge in [-0.25, -0.2) is 12.8 Å². The number of nitrogens with zero attached hydrogens (tertiary/aromatic N) is 1. The number of ether oxygens (including phenoxy) is 1. The minimum Gasteiger partial charge on any atom is -0.497 e. The molecule has 0 aliphatic carbocycles. The Morgan fingerprint density at radius 3 is 2.21 bits per heavy atom. The molecule has 6 nitrogen and oxygen atoms in total. The van der Waals surface area contributed by atoms with Crippen LogP contribution in [0.25, 0.3) is 0 Å². The molecule has 8 heteroatoms. The summed E-state index contributed by atoms with van der Waals surface area (Å²) in [6.45, 7) is 1.83. The van der Waals surface area contributed by atoms with Gasteiger partial charge in [0, 0.05) is 11.1 Å². The van der Waals surface area contributed by atoms with Gasteiger partial charge in [-0.05, 0) is 54.4 Å². The lowest BCUT2D eigenvalue weighted by Crippen LogP contribution is -2.30. The van der Waals surface area contributed by atoms with E-state index in [1.807, 2.05) is 31.2 Å². The summed E-state index contributed by atoms with van der Waals surface area (Å²) in [6, 6.07) is 19.6. The van der Waals surface area contributed by atoms with Crippen LogP contribution in [0.5, 0.6) is 5.75 Å². The zero-order chi connectivity index (χ0) is 24.0. The number of sulfonamides is 1. The molecule has 0 saturated carbocycles. The Morgan fingerprint density at radius 1 is 1.03 bits per heavy atom. The molecule has 0 aliphatic heterocycles. The van der Waals surface area contributed by atoms with Crippen LogP contribution in [0.3, 0.4) is 0 Å². The van der Waals surface area contributed by atoms with Gasteiger partial charge in [0.05, 0.1) is 31.6 Å². The topological polar surface area (TPSA) is 75.7 Å². The molecule has 0 saturated heterocycles. The van der Waals surface area contributed by atoms with Gasteiger partial charge in [-0.15, -0.1) is 0 Å². The van der Waals surface area contributed by atoms with Gasteiger partial charge in [0.1, 0.15) is 11.6 Å². The van der Waals surface area contributed by atoms with E-state index in [0.717, 1.165) is 21.9 Å². The fraction of sp³-hybridized carbons (Fsp3) is 0.240. The van der Waals surface area contributed by atoms with Crippen LogP contribution in [-0.2, 0) is 16.6 Å². The lowest BCUT2D eigenvalue weighted by molar-refractivity contribution is 0.0935. The zero-order valence-electron chi connectivity index (χ0n) is 18.8. The summed E-state index contributed by atoms with van der Waals surface area (Å²) in [4.78, 5) is 12.8. The molecule has 0 aliphatic rings. The Bertz CT molecular complexity index is 1200. The monoisotopic (exact) mass is 470 g/mol. The van der Waals surface area contributed by atoms with Crippen LogP contribution in [0.2, 0.25) is 0 Å². The maximum Gasteiger partial charge on any atom is 0.251 e. The Kier molecular flexibility index (Phi) is 7.71. The van der Waals surface area contributed by atoms with Crippen molar-refractivity contribution < 1.29 is 22.3 Å². The summed E-state index contributed by atoms with van der Waals surface area (Å²) in [5.74, 6) is -0.0168. The molecule has 1 atom stereocenters. The van der Waals surface area contributed by atoms with E-state index in [-0.39, 0.29) is 24.1 Å². The third-order valence-corrected chi connectivity index (χ3v) is 6.46. The molecule has 0 bridgehead atoms. The number of benzene rings is 3. The van der Waals surface area contributed by atoms with E-state index in [1.54, 1.807) is 49.6 Å². The number of halogens is 1. The van der Waals surface area contributed by atoms with E-state index in [9.17, 15) is 17.6 Å². The summed E-state index contributed by atoms with van der Waals surface area (Å²) in [6.07, 6.45) is 1.76. The molecule has 0 fully saturated rings. The van der Waals surface area contributed by atoms with Crippen LogP contribution in [0.15, 0.2) is 72.8 Å². The highest BCUT2D eigenvalue weighted by Gasteiger charge is 2.20. The highest BCUT2D eigenvalue weighted by atomic mass is 32.2. The molecule has 174 valence electrons. The number of rotatable bonds is 9. The number of hydrogen-bond donors (Lipinski definition) is 1. The number of amides is 1. The first-order valence-electron chi connectivity index (χ1n) is 10.5. The Hall–Kier alpha value is -3.39. The maximum atomic E-state index is 14.1. The number of carbonyl (C=O) groups excluding carboxylic acids is 1. The van der Waals surface area contributed by atoms with Crippen molar-refractivity contribution >= 4 is 21.6 Å². The molecule has 1 amide bonds. The van der Waals surface area contributed by atoms with Crippen LogP contribution in [0.4, 0.5) is 10.1 Å². The third kappa shape index (κ3) is 6.10. The highest BCUT2D eigenvalue weighted by Crippen LogP contribution is 2.24. The molecular formula is C25H27FN2O4S. The van der Waals surface area contributed by atoms with E-state index in [4.69, 9.17) is 4.74 Å². The van der Waals surface area contributed by atoms with Gasteiger partial charge in [0.25, 0.3) is 5.91 Å². The van der Waals surface area contributed by atoms with Gasteiger partial charge in [-0.3, -0.25) is 9.10 Å². The molecular weight excluding hydrogens is 443 g/mol. The number of hydrogen-bond acceptors (Lipinski definition) is 4. The number of anilines is 1. The zero-order valence-corrected chi connectivity index (χ0v) is 19.6. The Balaban J connectivity index is 1.77. The Labute approximate surface area is 194 Å². The van der Waals surface area contributed by atoms with Gasteiger partial charge in [0.2, 0.25) is 10.0 Å². The molecule has 33 heavy (non-hydrogen) atoms. The van der Waals surface area contributed by atoms with E-state index in [0.29, 0.717) is 17.7 Å². The predicted octanol–water partition coefficient (Wildman–Crippen LogP) is 4.68. The molecule has 3 aromatic rings. The van der Waals surface area contributed by atoms with Crippen molar-refractivity contribution in [3.63, 3.8) is 0 Å². The molecule has 0 radical (unpaired) electrons. The normalized spacial score (nSPS) is 12.1. The largest absolute Gasteiger partial charge is 0.497 e. The van der Waals surface area contributed by atoms with Crippen molar-refractivity contribution in [1.82, 2.24) is 5.32 Å². The number of nitrogens with one attached hydrogen (secondary N) is 1. The van der Waals surface area contributed by atoms with Gasteiger partial charge in [-0.2, -0.15) is 0 Å². The quantitative estimate of drug-likeness (QED) is 0.493. The molecule has 1 N–H and O–H groups in total. The standard InChI is InChI=1S/C25H27FN2O4S/c1-4-24(18-11-15-22(32-2)16-12-18)27-25(29)19-9-13-21(14-10-19)28(33(3,30)31)17-20-7-5-6-8-23(20)26/h5-16,24H,4,17H2,1-3H3,(H,27,29)/t24-/m1/s1. The predicted molar refractivity (Wildman–Crippen MR) is 127 cm³/mol. The molecule has 0 heterocycles. The van der Waals surface area contributed by atoms with Crippen molar-refractivity contribution in [2.75, 3.05) is 17.7 Å². The second-order valence-corrected chi connectivity index (χ2v) is 9.52. The van der Waals surface area contributed by atoms with Crippen molar-refractivity contribution in [3.05, 3.63) is 95.3 Å². The van der Waals surface area contributed by atoms with Crippen molar-refractivity contribution in [3.8, 4) is 5.75 Å². The van der Waals surface area contributed by atoms with Crippen molar-refractivity contribution in [2.24, 2.45) is 0 Å². The highest BCUT2D eigenvalue weighted by molar-refractivity contribution is 7.92. The van der Waals surface area contributed by atoms with E-state index < -0.39 is 15.8 Å². The lowest BCUT2D eigenvalue weighted by atomic mass is 10.0. The molecule has 0 spiro atoms. The summed E-state index contributed by atoms with van der Waals surface area (Å²) >= 11 is 0. The van der Waals surface area contributed by atoms with E-state index >= 15 is 0 Å². The SMILES string of the molecule is CC[C@@H](NC(=O)c1ccc(N(Cc2ccccc2F)S(C)(=O)=O)cc1)c1ccc(OC)cc1. The molecule has 0 unspecified atom stereocenters. The lowest BCUT2D eigenvalue weighted by Gasteiger charge is -2.23. The smallest absolute Gasteiger partial charge is 0.251 e. The van der Waals surface area contributed by atoms with Crippen molar-refractivity contribution in [2.45, 2.75) is 25.9 Å². The van der Waals surface area contributed by atoms with Gasteiger partial charge >= 0.3 is 0 Å². The average Bonchev–Trinajstić information content (AvgIpc) is 2.81.